The molecule has 1 atom stereocenters. The molecule has 2 aliphatic carbocycles. The molecular weight excluding hydrogens is 534 g/mol. The summed E-state index contributed by atoms with van der Waals surface area (Å²) in [6.45, 7) is 2.28. The molecular formula is C31H28Cl2Zr. The predicted molar refractivity (Wildman–Crippen MR) is 135 cm³/mol. The molecule has 4 aromatic carbocycles. The van der Waals surface area contributed by atoms with Crippen molar-refractivity contribution in [1.82, 2.24) is 0 Å². The van der Waals surface area contributed by atoms with Crippen LogP contribution in [0.15, 0.2) is 84.5 Å². The van der Waals surface area contributed by atoms with E-state index in [0.717, 1.165) is 6.42 Å². The molecule has 0 saturated heterocycles. The van der Waals surface area contributed by atoms with E-state index in [1.165, 1.54) is 63.2 Å². The van der Waals surface area contributed by atoms with Crippen molar-refractivity contribution in [3.05, 3.63) is 101 Å². The van der Waals surface area contributed by atoms with Gasteiger partial charge >= 0.3 is 203 Å². The first-order chi connectivity index (χ1) is 15.8. The largest absolute Gasteiger partial charge is 1.00 e. The number of unbranched alkanes of at least 4 members (excludes halogenated alkanes) is 1. The Labute approximate surface area is 226 Å². The maximum atomic E-state index is 2.51. The summed E-state index contributed by atoms with van der Waals surface area (Å²) in [6.07, 6.45) is 12.1. The molecule has 0 radical (unpaired) electrons. The van der Waals surface area contributed by atoms with E-state index in [4.69, 9.17) is 0 Å². The summed E-state index contributed by atoms with van der Waals surface area (Å²) >= 11 is -0.576. The second-order valence-corrected chi connectivity index (χ2v) is 11.7. The van der Waals surface area contributed by atoms with Crippen molar-refractivity contribution in [1.29, 1.82) is 0 Å². The van der Waals surface area contributed by atoms with Gasteiger partial charge in [0.2, 0.25) is 0 Å². The van der Waals surface area contributed by atoms with Gasteiger partial charge in [-0.1, -0.05) is 0 Å². The van der Waals surface area contributed by atoms with Crippen molar-refractivity contribution in [3.8, 4) is 11.1 Å². The van der Waals surface area contributed by atoms with Crippen molar-refractivity contribution in [2.45, 2.75) is 43.2 Å². The van der Waals surface area contributed by atoms with E-state index in [-0.39, 0.29) is 24.8 Å². The number of fused-ring (bicyclic) bond motifs is 8. The number of hydrogen-bond acceptors (Lipinski definition) is 0. The van der Waals surface area contributed by atoms with E-state index in [2.05, 4.69) is 90.4 Å². The summed E-state index contributed by atoms with van der Waals surface area (Å²) in [5.41, 5.74) is 8.99. The first kappa shape index (κ1) is 25.4. The van der Waals surface area contributed by atoms with Gasteiger partial charge in [-0.2, -0.15) is 0 Å². The first-order valence-electron chi connectivity index (χ1n) is 11.9. The molecule has 34 heavy (non-hydrogen) atoms. The Morgan fingerprint density at radius 1 is 0.882 bits per heavy atom. The minimum absolute atomic E-state index is 0. The van der Waals surface area contributed by atoms with Crippen LogP contribution in [-0.4, -0.2) is 0 Å². The fraction of sp³-hybridized carbons (Fsp3) is 0.226. The van der Waals surface area contributed by atoms with Gasteiger partial charge in [-0.3, -0.25) is 0 Å². The number of halogens is 2. The quantitative estimate of drug-likeness (QED) is 0.288. The van der Waals surface area contributed by atoms with Crippen molar-refractivity contribution < 1.29 is 48.0 Å². The third-order valence-electron chi connectivity index (χ3n) is 7.32. The SMILES string of the molecule is CCCCC1=CC(c2cccc3c4c(c5[c]([Zr+2][CH3])cccc5c23)Cc2ccccc2-4)C=C1.[Cl-].[Cl-]. The van der Waals surface area contributed by atoms with E-state index < -0.39 is 23.2 Å². The van der Waals surface area contributed by atoms with Crippen molar-refractivity contribution >= 4 is 24.8 Å². The van der Waals surface area contributed by atoms with Crippen molar-refractivity contribution in [2.24, 2.45) is 0 Å². The van der Waals surface area contributed by atoms with Gasteiger partial charge in [-0.05, 0) is 0 Å². The maximum absolute atomic E-state index is 2.51. The summed E-state index contributed by atoms with van der Waals surface area (Å²) in [5, 5.41) is 5.98. The Kier molecular flexibility index (Phi) is 7.88. The molecule has 2 aliphatic rings. The van der Waals surface area contributed by atoms with Crippen LogP contribution in [0, 0.1) is 0 Å². The van der Waals surface area contributed by atoms with Gasteiger partial charge in [0.15, 0.2) is 0 Å². The Hall–Kier alpha value is -1.66. The first-order valence-corrected chi connectivity index (χ1v) is 15.6. The second-order valence-electron chi connectivity index (χ2n) is 9.17. The van der Waals surface area contributed by atoms with Crippen LogP contribution in [0.1, 0.15) is 48.8 Å². The van der Waals surface area contributed by atoms with Crippen LogP contribution >= 0.6 is 0 Å². The summed E-state index contributed by atoms with van der Waals surface area (Å²) < 4.78 is 4.11. The molecule has 0 bridgehead atoms. The number of benzene rings is 4. The van der Waals surface area contributed by atoms with Crippen LogP contribution in [0.3, 0.4) is 0 Å². The number of allylic oxidation sites excluding steroid dienone is 4. The fourth-order valence-corrected chi connectivity index (χ4v) is 7.80. The number of hydrogen-bond donors (Lipinski definition) is 0. The van der Waals surface area contributed by atoms with Crippen LogP contribution in [0.25, 0.3) is 32.7 Å². The van der Waals surface area contributed by atoms with Crippen LogP contribution in [-0.2, 0) is 29.7 Å². The molecule has 0 heterocycles. The summed E-state index contributed by atoms with van der Waals surface area (Å²) in [5.74, 6) is 0.383. The van der Waals surface area contributed by atoms with E-state index in [1.807, 2.05) is 0 Å². The van der Waals surface area contributed by atoms with Crippen LogP contribution in [0.5, 0.6) is 0 Å². The smallest absolute Gasteiger partial charge is 1.00 e. The normalized spacial score (nSPS) is 15.4. The van der Waals surface area contributed by atoms with E-state index in [0.29, 0.717) is 5.92 Å². The summed E-state index contributed by atoms with van der Waals surface area (Å²) in [6, 6.07) is 23.2. The molecule has 0 nitrogen and oxygen atoms in total. The Morgan fingerprint density at radius 3 is 2.50 bits per heavy atom. The molecule has 6 rings (SSSR count). The molecule has 0 amide bonds. The average Bonchev–Trinajstić information content (AvgIpc) is 3.47. The maximum Gasteiger partial charge on any atom is -1.00 e. The molecule has 0 spiro atoms. The van der Waals surface area contributed by atoms with E-state index in [9.17, 15) is 0 Å². The molecule has 0 fully saturated rings. The zero-order chi connectivity index (χ0) is 21.7. The van der Waals surface area contributed by atoms with Gasteiger partial charge in [0.05, 0.1) is 0 Å². The van der Waals surface area contributed by atoms with Gasteiger partial charge in [0, 0.05) is 0 Å². The van der Waals surface area contributed by atoms with Crippen LogP contribution < -0.4 is 28.1 Å². The zero-order valence-corrected chi connectivity index (χ0v) is 23.6. The van der Waals surface area contributed by atoms with Gasteiger partial charge in [-0.25, -0.2) is 0 Å². The second kappa shape index (κ2) is 10.5. The number of rotatable bonds is 5. The Morgan fingerprint density at radius 2 is 1.68 bits per heavy atom. The molecule has 0 aliphatic heterocycles. The van der Waals surface area contributed by atoms with Crippen molar-refractivity contribution in [3.63, 3.8) is 0 Å². The molecule has 1 unspecified atom stereocenters. The van der Waals surface area contributed by atoms with E-state index in [1.54, 1.807) is 14.2 Å². The molecule has 0 aromatic heterocycles. The third-order valence-corrected chi connectivity index (χ3v) is 9.66. The topological polar surface area (TPSA) is 0 Å². The van der Waals surface area contributed by atoms with Gasteiger partial charge < -0.3 is 24.8 Å². The Bertz CT molecular complexity index is 1430. The molecule has 170 valence electrons. The van der Waals surface area contributed by atoms with Crippen LogP contribution in [0.4, 0.5) is 0 Å². The Balaban J connectivity index is 0.00000137. The summed E-state index contributed by atoms with van der Waals surface area (Å²) in [4.78, 5) is 0. The monoisotopic (exact) mass is 560 g/mol. The molecule has 0 saturated carbocycles. The predicted octanol–water partition coefficient (Wildman–Crippen LogP) is 2.10. The fourth-order valence-electron chi connectivity index (χ4n) is 5.84. The summed E-state index contributed by atoms with van der Waals surface area (Å²) in [7, 11) is 0. The average molecular weight is 563 g/mol. The van der Waals surface area contributed by atoms with Gasteiger partial charge in [0.25, 0.3) is 0 Å². The van der Waals surface area contributed by atoms with Crippen LogP contribution in [0.2, 0.25) is 4.63 Å². The third kappa shape index (κ3) is 4.05. The molecule has 4 aromatic rings. The molecule has 3 heteroatoms. The van der Waals surface area contributed by atoms with Crippen molar-refractivity contribution in [2.75, 3.05) is 0 Å². The standard InChI is InChI=1S/C30H25.CH3.2ClH.Zr/c1-2-3-9-20-16-17-22(18-20)24-14-8-15-27-29(24)26-13-7-6-12-25(26)28-19-21-10-4-5-11-23(21)30(27)28;;;;/h4-8,10-11,13-18,22H,2-3,9,19H2,1H3;1H3;2*1H;/q;;;;+2/p-2. The molecule has 0 N–H and O–H groups in total. The van der Waals surface area contributed by atoms with E-state index >= 15 is 0 Å². The zero-order valence-electron chi connectivity index (χ0n) is 19.7. The minimum Gasteiger partial charge on any atom is -1.00 e. The van der Waals surface area contributed by atoms with Gasteiger partial charge in [-0.15, -0.1) is 0 Å². The minimum atomic E-state index is -0.576. The van der Waals surface area contributed by atoms with Gasteiger partial charge in [0.1, 0.15) is 0 Å².